The van der Waals surface area contributed by atoms with Gasteiger partial charge in [-0.2, -0.15) is 4.68 Å². The molecule has 0 saturated heterocycles. The highest BCUT2D eigenvalue weighted by atomic mass is 16.3. The first-order chi connectivity index (χ1) is 16.5. The minimum absolute atomic E-state index is 0.267. The molecule has 170 valence electrons. The smallest absolute Gasteiger partial charge is 0.167 e. The fraction of sp³-hybridized carbons (Fsp3) is 0.269. The van der Waals surface area contributed by atoms with Gasteiger partial charge in [0.25, 0.3) is 0 Å². The van der Waals surface area contributed by atoms with Gasteiger partial charge in [0.2, 0.25) is 0 Å². The maximum absolute atomic E-state index is 11.0. The van der Waals surface area contributed by atoms with Crippen LogP contribution in [0.15, 0.2) is 60.7 Å². The molecule has 0 radical (unpaired) electrons. The predicted octanol–water partition coefficient (Wildman–Crippen LogP) is 3.91. The van der Waals surface area contributed by atoms with Crippen LogP contribution in [0.3, 0.4) is 0 Å². The number of aliphatic hydroxyl groups is 1. The summed E-state index contributed by atoms with van der Waals surface area (Å²) in [6.07, 6.45) is 0.0814. The number of hydrogen-bond acceptors (Lipinski definition) is 6. The Labute approximate surface area is 197 Å². The second-order valence-corrected chi connectivity index (χ2v) is 8.91. The van der Waals surface area contributed by atoms with Gasteiger partial charge >= 0.3 is 0 Å². The highest BCUT2D eigenvalue weighted by molar-refractivity contribution is 5.76. The van der Waals surface area contributed by atoms with E-state index in [1.165, 1.54) is 0 Å². The molecule has 1 aliphatic rings. The summed E-state index contributed by atoms with van der Waals surface area (Å²) in [6, 6.07) is 19.6. The van der Waals surface area contributed by atoms with Crippen molar-refractivity contribution in [2.45, 2.75) is 38.2 Å². The van der Waals surface area contributed by atoms with Crippen molar-refractivity contribution in [3.63, 3.8) is 0 Å². The van der Waals surface area contributed by atoms with Crippen LogP contribution in [-0.4, -0.2) is 39.4 Å². The lowest BCUT2D eigenvalue weighted by Gasteiger charge is -2.13. The third-order valence-electron chi connectivity index (χ3n) is 6.48. The van der Waals surface area contributed by atoms with Gasteiger partial charge in [0.05, 0.1) is 16.7 Å². The maximum Gasteiger partial charge on any atom is 0.167 e. The Hall–Kier alpha value is -3.91. The molecule has 5 aromatic rings. The van der Waals surface area contributed by atoms with Gasteiger partial charge in [0, 0.05) is 24.9 Å². The molecule has 3 atom stereocenters. The minimum Gasteiger partial charge on any atom is -0.380 e. The average molecular weight is 452 g/mol. The van der Waals surface area contributed by atoms with Gasteiger partial charge in [-0.15, -0.1) is 5.10 Å². The third-order valence-corrected chi connectivity index (χ3v) is 6.48. The van der Waals surface area contributed by atoms with E-state index >= 15 is 0 Å². The first kappa shape index (κ1) is 20.7. The first-order valence-electron chi connectivity index (χ1n) is 11.4. The van der Waals surface area contributed by atoms with Gasteiger partial charge in [-0.1, -0.05) is 42.5 Å². The molecule has 2 aromatic carbocycles. The number of hydrogen-bond donors (Lipinski definition) is 1. The molecule has 6 rings (SSSR count). The fourth-order valence-corrected chi connectivity index (χ4v) is 4.74. The van der Waals surface area contributed by atoms with Crippen molar-refractivity contribution in [1.82, 2.24) is 34.3 Å². The number of aliphatic hydroxyl groups excluding tert-OH is 1. The van der Waals surface area contributed by atoms with Crippen LogP contribution in [0.1, 0.15) is 58.9 Å². The maximum atomic E-state index is 11.0. The molecule has 8 heteroatoms. The van der Waals surface area contributed by atoms with E-state index in [2.05, 4.69) is 38.8 Å². The SMILES string of the molecule is Cc1nc([C@@H]2CC2c2nc3ccccc3n2C)cc(-n2nc(C)nc2[C@@H](O)c2ccccc2)n1. The lowest BCUT2D eigenvalue weighted by atomic mass is 10.1. The highest BCUT2D eigenvalue weighted by Gasteiger charge is 2.44. The van der Waals surface area contributed by atoms with E-state index in [1.54, 1.807) is 4.68 Å². The minimum atomic E-state index is -0.908. The van der Waals surface area contributed by atoms with E-state index in [9.17, 15) is 5.11 Å². The Morgan fingerprint density at radius 3 is 2.44 bits per heavy atom. The van der Waals surface area contributed by atoms with Crippen molar-refractivity contribution in [2.24, 2.45) is 7.05 Å². The van der Waals surface area contributed by atoms with Crippen molar-refractivity contribution in [3.05, 3.63) is 95.2 Å². The molecule has 0 aliphatic heterocycles. The standard InChI is InChI=1S/C26H25N7O/c1-15-27-21(18-13-19(18)25-30-20-11-7-8-12-22(20)32(25)3)14-23(28-15)33-26(29-16(2)31-33)24(34)17-9-5-4-6-10-17/h4-12,14,18-19,24,34H,13H2,1-3H3/t18-,19?,24+/m1/s1. The number of imidazole rings is 1. The fourth-order valence-electron chi connectivity index (χ4n) is 4.74. The van der Waals surface area contributed by atoms with Crippen LogP contribution in [0, 0.1) is 13.8 Å². The third kappa shape index (κ3) is 3.47. The molecular weight excluding hydrogens is 426 g/mol. The molecule has 3 heterocycles. The van der Waals surface area contributed by atoms with E-state index in [0.717, 1.165) is 34.5 Å². The monoisotopic (exact) mass is 451 g/mol. The summed E-state index contributed by atoms with van der Waals surface area (Å²) in [5.41, 5.74) is 3.88. The molecule has 1 unspecified atom stereocenters. The molecule has 0 spiro atoms. The van der Waals surface area contributed by atoms with Crippen molar-refractivity contribution < 1.29 is 5.11 Å². The summed E-state index contributed by atoms with van der Waals surface area (Å²) in [4.78, 5) is 18.8. The number of aromatic nitrogens is 7. The van der Waals surface area contributed by atoms with E-state index in [1.807, 2.05) is 62.4 Å². The van der Waals surface area contributed by atoms with Gasteiger partial charge in [-0.05, 0) is 38.0 Å². The Balaban J connectivity index is 1.35. The molecule has 34 heavy (non-hydrogen) atoms. The first-order valence-corrected chi connectivity index (χ1v) is 11.4. The zero-order valence-corrected chi connectivity index (χ0v) is 19.3. The number of rotatable bonds is 5. The molecule has 1 fully saturated rings. The Morgan fingerprint density at radius 1 is 0.882 bits per heavy atom. The molecule has 3 aromatic heterocycles. The van der Waals surface area contributed by atoms with E-state index < -0.39 is 6.10 Å². The topological polar surface area (TPSA) is 94.5 Å². The summed E-state index contributed by atoms with van der Waals surface area (Å²) in [6.45, 7) is 3.70. The van der Waals surface area contributed by atoms with Crippen LogP contribution in [0.4, 0.5) is 0 Å². The van der Waals surface area contributed by atoms with Crippen LogP contribution in [0.5, 0.6) is 0 Å². The van der Waals surface area contributed by atoms with Gasteiger partial charge in [0.15, 0.2) is 11.6 Å². The lowest BCUT2D eigenvalue weighted by Crippen LogP contribution is -2.12. The van der Waals surface area contributed by atoms with Gasteiger partial charge in [-0.25, -0.2) is 19.9 Å². The van der Waals surface area contributed by atoms with Crippen LogP contribution < -0.4 is 0 Å². The molecule has 0 bridgehead atoms. The lowest BCUT2D eigenvalue weighted by molar-refractivity contribution is 0.206. The number of fused-ring (bicyclic) bond motifs is 1. The van der Waals surface area contributed by atoms with E-state index in [4.69, 9.17) is 9.97 Å². The quantitative estimate of drug-likeness (QED) is 0.435. The number of para-hydroxylation sites is 2. The summed E-state index contributed by atoms with van der Waals surface area (Å²) in [5.74, 6) is 3.96. The van der Waals surface area contributed by atoms with Gasteiger partial charge in [0.1, 0.15) is 23.6 Å². The van der Waals surface area contributed by atoms with Crippen molar-refractivity contribution in [2.75, 3.05) is 0 Å². The number of benzene rings is 2. The van der Waals surface area contributed by atoms with Crippen LogP contribution in [-0.2, 0) is 7.05 Å². The van der Waals surface area contributed by atoms with Crippen LogP contribution in [0.25, 0.3) is 16.9 Å². The van der Waals surface area contributed by atoms with Gasteiger partial charge in [-0.3, -0.25) is 0 Å². The largest absolute Gasteiger partial charge is 0.380 e. The van der Waals surface area contributed by atoms with Crippen molar-refractivity contribution in [1.29, 1.82) is 0 Å². The van der Waals surface area contributed by atoms with Crippen molar-refractivity contribution in [3.8, 4) is 5.82 Å². The second-order valence-electron chi connectivity index (χ2n) is 8.91. The Morgan fingerprint density at radius 2 is 1.65 bits per heavy atom. The summed E-state index contributed by atoms with van der Waals surface area (Å²) >= 11 is 0. The van der Waals surface area contributed by atoms with Crippen LogP contribution in [0.2, 0.25) is 0 Å². The molecule has 1 N–H and O–H groups in total. The van der Waals surface area contributed by atoms with Crippen molar-refractivity contribution >= 4 is 11.0 Å². The summed E-state index contributed by atoms with van der Waals surface area (Å²) in [5, 5.41) is 15.6. The number of nitrogens with zero attached hydrogens (tertiary/aromatic N) is 7. The summed E-state index contributed by atoms with van der Waals surface area (Å²) < 4.78 is 3.82. The molecule has 1 aliphatic carbocycles. The number of aryl methyl sites for hydroxylation is 3. The molecule has 1 saturated carbocycles. The van der Waals surface area contributed by atoms with E-state index in [0.29, 0.717) is 29.2 Å². The zero-order chi connectivity index (χ0) is 23.4. The van der Waals surface area contributed by atoms with Crippen LogP contribution >= 0.6 is 0 Å². The Bertz CT molecular complexity index is 1500. The zero-order valence-electron chi connectivity index (χ0n) is 19.3. The predicted molar refractivity (Wildman–Crippen MR) is 128 cm³/mol. The molecule has 8 nitrogen and oxygen atoms in total. The highest BCUT2D eigenvalue weighted by Crippen LogP contribution is 2.54. The molecule has 0 amide bonds. The Kier molecular flexibility index (Phi) is 4.77. The van der Waals surface area contributed by atoms with E-state index in [-0.39, 0.29) is 5.92 Å². The van der Waals surface area contributed by atoms with Gasteiger partial charge < -0.3 is 9.67 Å². The normalized spacial score (nSPS) is 18.4. The second kappa shape index (κ2) is 7.85. The summed E-state index contributed by atoms with van der Waals surface area (Å²) in [7, 11) is 2.08. The molecular formula is C26H25N7O. The average Bonchev–Trinajstić information content (AvgIpc) is 3.44.